The second-order valence-electron chi connectivity index (χ2n) is 4.00. The lowest BCUT2D eigenvalue weighted by molar-refractivity contribution is -0.153. The fourth-order valence-electron chi connectivity index (χ4n) is 1.40. The third-order valence-corrected chi connectivity index (χ3v) is 2.34. The first-order chi connectivity index (χ1) is 7.52. The summed E-state index contributed by atoms with van der Waals surface area (Å²) in [5.41, 5.74) is 0. The molecule has 1 saturated heterocycles. The third-order valence-electron chi connectivity index (χ3n) is 2.34. The lowest BCUT2D eigenvalue weighted by Crippen LogP contribution is -2.51. The van der Waals surface area contributed by atoms with Gasteiger partial charge in [0.2, 0.25) is 0 Å². The minimum Gasteiger partial charge on any atom is -0.480 e. The van der Waals surface area contributed by atoms with Crippen LogP contribution in [0, 0.1) is 5.92 Å². The number of aliphatic carboxylic acids is 1. The van der Waals surface area contributed by atoms with Crippen molar-refractivity contribution in [3.63, 3.8) is 0 Å². The Labute approximate surface area is 93.9 Å². The number of carboxylic acids is 1. The van der Waals surface area contributed by atoms with Crippen molar-refractivity contribution in [2.45, 2.75) is 26.0 Å². The molecular formula is C10H17NO5. The predicted octanol–water partition coefficient (Wildman–Crippen LogP) is -0.373. The van der Waals surface area contributed by atoms with Crippen LogP contribution in [0.15, 0.2) is 0 Å². The smallest absolute Gasteiger partial charge is 0.326 e. The molecule has 16 heavy (non-hydrogen) atoms. The third kappa shape index (κ3) is 3.46. The molecule has 6 nitrogen and oxygen atoms in total. The van der Waals surface area contributed by atoms with Crippen molar-refractivity contribution in [1.82, 2.24) is 5.32 Å². The fraction of sp³-hybridized carbons (Fsp3) is 0.800. The second-order valence-corrected chi connectivity index (χ2v) is 4.00. The molecule has 0 radical (unpaired) electrons. The molecule has 1 amide bonds. The molecule has 0 aromatic heterocycles. The summed E-state index contributed by atoms with van der Waals surface area (Å²) in [6.45, 7) is 4.47. The van der Waals surface area contributed by atoms with Crippen molar-refractivity contribution < 1.29 is 24.2 Å². The standard InChI is InChI=1S/C10H17NO5/c1-6(2)8(10(13)14)11-9(12)7-5-15-3-4-16-7/h6-8H,3-5H2,1-2H3,(H,11,12)(H,13,14). The number of rotatable bonds is 4. The molecule has 0 aliphatic carbocycles. The van der Waals surface area contributed by atoms with Crippen LogP contribution in [-0.2, 0) is 19.1 Å². The van der Waals surface area contributed by atoms with E-state index >= 15 is 0 Å². The highest BCUT2D eigenvalue weighted by atomic mass is 16.6. The zero-order chi connectivity index (χ0) is 12.1. The number of hydrogen-bond donors (Lipinski definition) is 2. The van der Waals surface area contributed by atoms with E-state index in [0.29, 0.717) is 13.2 Å². The first-order valence-corrected chi connectivity index (χ1v) is 5.25. The maximum atomic E-state index is 11.6. The Hall–Kier alpha value is -1.14. The molecule has 6 heteroatoms. The van der Waals surface area contributed by atoms with E-state index in [9.17, 15) is 9.59 Å². The fourth-order valence-corrected chi connectivity index (χ4v) is 1.40. The molecule has 1 rings (SSSR count). The van der Waals surface area contributed by atoms with E-state index in [2.05, 4.69) is 5.32 Å². The molecule has 0 aromatic carbocycles. The summed E-state index contributed by atoms with van der Waals surface area (Å²) in [4.78, 5) is 22.5. The summed E-state index contributed by atoms with van der Waals surface area (Å²) >= 11 is 0. The molecule has 2 unspecified atom stereocenters. The highest BCUT2D eigenvalue weighted by molar-refractivity contribution is 5.86. The first-order valence-electron chi connectivity index (χ1n) is 5.25. The zero-order valence-electron chi connectivity index (χ0n) is 9.43. The molecule has 1 aliphatic heterocycles. The van der Waals surface area contributed by atoms with Gasteiger partial charge in [0.15, 0.2) is 6.10 Å². The maximum Gasteiger partial charge on any atom is 0.326 e. The van der Waals surface area contributed by atoms with E-state index in [4.69, 9.17) is 14.6 Å². The highest BCUT2D eigenvalue weighted by Crippen LogP contribution is 2.05. The minimum absolute atomic E-state index is 0.175. The number of ether oxygens (including phenoxy) is 2. The van der Waals surface area contributed by atoms with Crippen LogP contribution in [0.4, 0.5) is 0 Å². The second kappa shape index (κ2) is 5.81. The van der Waals surface area contributed by atoms with Gasteiger partial charge in [-0.3, -0.25) is 4.79 Å². The summed E-state index contributed by atoms with van der Waals surface area (Å²) < 4.78 is 10.2. The molecule has 0 aromatic rings. The van der Waals surface area contributed by atoms with Crippen LogP contribution < -0.4 is 5.32 Å². The van der Waals surface area contributed by atoms with E-state index < -0.39 is 24.0 Å². The Morgan fingerprint density at radius 2 is 2.06 bits per heavy atom. The molecule has 1 fully saturated rings. The predicted molar refractivity (Wildman–Crippen MR) is 55.0 cm³/mol. The Balaban J connectivity index is 2.50. The zero-order valence-corrected chi connectivity index (χ0v) is 9.43. The summed E-state index contributed by atoms with van der Waals surface area (Å²) in [7, 11) is 0. The van der Waals surface area contributed by atoms with E-state index in [1.54, 1.807) is 13.8 Å². The van der Waals surface area contributed by atoms with Gasteiger partial charge in [0.25, 0.3) is 5.91 Å². The summed E-state index contributed by atoms with van der Waals surface area (Å²) in [5, 5.41) is 11.3. The van der Waals surface area contributed by atoms with Crippen molar-refractivity contribution in [1.29, 1.82) is 0 Å². The van der Waals surface area contributed by atoms with Crippen LogP contribution >= 0.6 is 0 Å². The number of hydrogen-bond acceptors (Lipinski definition) is 4. The molecule has 1 aliphatic rings. The van der Waals surface area contributed by atoms with Gasteiger partial charge in [0.05, 0.1) is 19.8 Å². The molecule has 92 valence electrons. The van der Waals surface area contributed by atoms with Crippen molar-refractivity contribution in [3.8, 4) is 0 Å². The van der Waals surface area contributed by atoms with Gasteiger partial charge in [0, 0.05) is 0 Å². The molecule has 1 heterocycles. The van der Waals surface area contributed by atoms with Gasteiger partial charge >= 0.3 is 5.97 Å². The molecule has 2 N–H and O–H groups in total. The van der Waals surface area contributed by atoms with Gasteiger partial charge in [-0.1, -0.05) is 13.8 Å². The highest BCUT2D eigenvalue weighted by Gasteiger charge is 2.29. The van der Waals surface area contributed by atoms with Gasteiger partial charge in [-0.25, -0.2) is 4.79 Å². The largest absolute Gasteiger partial charge is 0.480 e. The van der Waals surface area contributed by atoms with Gasteiger partial charge in [-0.05, 0) is 5.92 Å². The number of carboxylic acid groups (broad SMARTS) is 1. The van der Waals surface area contributed by atoms with Gasteiger partial charge in [-0.15, -0.1) is 0 Å². The maximum absolute atomic E-state index is 11.6. The lowest BCUT2D eigenvalue weighted by atomic mass is 10.0. The van der Waals surface area contributed by atoms with E-state index in [-0.39, 0.29) is 12.5 Å². The van der Waals surface area contributed by atoms with Crippen LogP contribution in [0.25, 0.3) is 0 Å². The van der Waals surface area contributed by atoms with Crippen LogP contribution in [0.2, 0.25) is 0 Å². The van der Waals surface area contributed by atoms with E-state index in [1.807, 2.05) is 0 Å². The number of amides is 1. The molecule has 0 spiro atoms. The minimum atomic E-state index is -1.04. The Bertz CT molecular complexity index is 260. The quantitative estimate of drug-likeness (QED) is 0.689. The summed E-state index contributed by atoms with van der Waals surface area (Å²) in [5.74, 6) is -1.65. The lowest BCUT2D eigenvalue weighted by Gasteiger charge is -2.25. The topological polar surface area (TPSA) is 84.9 Å². The van der Waals surface area contributed by atoms with Crippen LogP contribution in [0.5, 0.6) is 0 Å². The normalized spacial score (nSPS) is 22.8. The summed E-state index contributed by atoms with van der Waals surface area (Å²) in [6.07, 6.45) is -0.700. The average Bonchev–Trinajstić information content (AvgIpc) is 2.25. The first kappa shape index (κ1) is 12.9. The van der Waals surface area contributed by atoms with Gasteiger partial charge in [-0.2, -0.15) is 0 Å². The number of carbonyl (C=O) groups is 2. The van der Waals surface area contributed by atoms with E-state index in [1.165, 1.54) is 0 Å². The van der Waals surface area contributed by atoms with Gasteiger partial charge < -0.3 is 19.9 Å². The monoisotopic (exact) mass is 231 g/mol. The van der Waals surface area contributed by atoms with E-state index in [0.717, 1.165) is 0 Å². The molecular weight excluding hydrogens is 214 g/mol. The van der Waals surface area contributed by atoms with Crippen LogP contribution in [0.1, 0.15) is 13.8 Å². The Morgan fingerprint density at radius 1 is 1.38 bits per heavy atom. The average molecular weight is 231 g/mol. The van der Waals surface area contributed by atoms with Crippen molar-refractivity contribution in [3.05, 3.63) is 0 Å². The van der Waals surface area contributed by atoms with Crippen LogP contribution in [-0.4, -0.2) is 48.9 Å². The van der Waals surface area contributed by atoms with Crippen molar-refractivity contribution >= 4 is 11.9 Å². The number of carbonyl (C=O) groups excluding carboxylic acids is 1. The Kier molecular flexibility index (Phi) is 4.70. The van der Waals surface area contributed by atoms with Gasteiger partial charge in [0.1, 0.15) is 6.04 Å². The Morgan fingerprint density at radius 3 is 2.50 bits per heavy atom. The molecule has 0 bridgehead atoms. The van der Waals surface area contributed by atoms with Crippen molar-refractivity contribution in [2.75, 3.05) is 19.8 Å². The molecule has 0 saturated carbocycles. The van der Waals surface area contributed by atoms with Crippen molar-refractivity contribution in [2.24, 2.45) is 5.92 Å². The molecule has 2 atom stereocenters. The number of nitrogens with one attached hydrogen (secondary N) is 1. The summed E-state index contributed by atoms with van der Waals surface area (Å²) in [6, 6.07) is -0.891. The van der Waals surface area contributed by atoms with Crippen LogP contribution in [0.3, 0.4) is 0 Å². The SMILES string of the molecule is CC(C)C(NC(=O)C1COCCO1)C(=O)O.